The summed E-state index contributed by atoms with van der Waals surface area (Å²) in [5.74, 6) is -0.282. The van der Waals surface area contributed by atoms with Gasteiger partial charge in [0.05, 0.1) is 10.6 Å². The number of ether oxygens (including phenoxy) is 3. The molecule has 0 aliphatic carbocycles. The molecule has 134 valence electrons. The molecule has 0 radical (unpaired) electrons. The standard InChI is InChI=1S/C19H16ClNO5/c1-2-8-21(14-6-4-3-5-7-14)17(22)11-24-19(23)13-9-15(20)18-16(10-13)25-12-26-18/h2-7,9-10H,1,8,11-12H2. The van der Waals surface area contributed by atoms with Crippen molar-refractivity contribution in [1.82, 2.24) is 0 Å². The van der Waals surface area contributed by atoms with Gasteiger partial charge in [-0.25, -0.2) is 4.79 Å². The summed E-state index contributed by atoms with van der Waals surface area (Å²) < 4.78 is 15.6. The summed E-state index contributed by atoms with van der Waals surface area (Å²) in [6.45, 7) is 3.59. The average molecular weight is 374 g/mol. The van der Waals surface area contributed by atoms with Crippen LogP contribution in [0.25, 0.3) is 0 Å². The van der Waals surface area contributed by atoms with Crippen LogP contribution < -0.4 is 14.4 Å². The maximum Gasteiger partial charge on any atom is 0.338 e. The Hall–Kier alpha value is -2.99. The maximum absolute atomic E-state index is 12.5. The second-order valence-corrected chi connectivity index (χ2v) is 5.80. The zero-order valence-corrected chi connectivity index (χ0v) is 14.6. The number of carbonyl (C=O) groups excluding carboxylic acids is 2. The first-order valence-electron chi connectivity index (χ1n) is 7.82. The second kappa shape index (κ2) is 7.93. The van der Waals surface area contributed by atoms with E-state index >= 15 is 0 Å². The molecule has 1 aliphatic heterocycles. The van der Waals surface area contributed by atoms with Crippen LogP contribution in [0.4, 0.5) is 5.69 Å². The van der Waals surface area contributed by atoms with E-state index in [1.165, 1.54) is 17.0 Å². The van der Waals surface area contributed by atoms with Crippen LogP contribution in [0.2, 0.25) is 5.02 Å². The van der Waals surface area contributed by atoms with E-state index in [0.717, 1.165) is 0 Å². The van der Waals surface area contributed by atoms with E-state index in [0.29, 0.717) is 23.7 Å². The van der Waals surface area contributed by atoms with Gasteiger partial charge in [-0.3, -0.25) is 4.79 Å². The predicted molar refractivity (Wildman–Crippen MR) is 96.8 cm³/mol. The van der Waals surface area contributed by atoms with Gasteiger partial charge in [-0.15, -0.1) is 6.58 Å². The van der Waals surface area contributed by atoms with Crippen LogP contribution in [-0.2, 0) is 9.53 Å². The Morgan fingerprint density at radius 3 is 2.73 bits per heavy atom. The van der Waals surface area contributed by atoms with Crippen LogP contribution >= 0.6 is 11.6 Å². The molecular weight excluding hydrogens is 358 g/mol. The minimum atomic E-state index is -0.676. The fourth-order valence-electron chi connectivity index (χ4n) is 2.46. The molecule has 7 heteroatoms. The number of halogens is 1. The summed E-state index contributed by atoms with van der Waals surface area (Å²) in [5, 5.41) is 0.246. The van der Waals surface area contributed by atoms with Crippen molar-refractivity contribution in [3.63, 3.8) is 0 Å². The predicted octanol–water partition coefficient (Wildman–Crippen LogP) is 3.44. The number of nitrogens with zero attached hydrogens (tertiary/aromatic N) is 1. The molecule has 1 heterocycles. The molecule has 3 rings (SSSR count). The van der Waals surface area contributed by atoms with Crippen molar-refractivity contribution in [2.75, 3.05) is 24.8 Å². The maximum atomic E-state index is 12.5. The highest BCUT2D eigenvalue weighted by Crippen LogP contribution is 2.39. The number of hydrogen-bond donors (Lipinski definition) is 0. The van der Waals surface area contributed by atoms with E-state index in [1.54, 1.807) is 18.2 Å². The second-order valence-electron chi connectivity index (χ2n) is 5.40. The molecule has 0 bridgehead atoms. The summed E-state index contributed by atoms with van der Waals surface area (Å²) in [4.78, 5) is 26.2. The Labute approximate surface area is 155 Å². The average Bonchev–Trinajstić information content (AvgIpc) is 3.14. The Bertz CT molecular complexity index is 837. The van der Waals surface area contributed by atoms with Crippen LogP contribution in [0.1, 0.15) is 10.4 Å². The van der Waals surface area contributed by atoms with Gasteiger partial charge in [-0.05, 0) is 24.3 Å². The summed E-state index contributed by atoms with van der Waals surface area (Å²) in [7, 11) is 0. The largest absolute Gasteiger partial charge is 0.454 e. The van der Waals surface area contributed by atoms with Crippen LogP contribution in [0.5, 0.6) is 11.5 Å². The lowest BCUT2D eigenvalue weighted by Crippen LogP contribution is -2.34. The van der Waals surface area contributed by atoms with E-state index < -0.39 is 12.6 Å². The van der Waals surface area contributed by atoms with Crippen molar-refractivity contribution >= 4 is 29.2 Å². The lowest BCUT2D eigenvalue weighted by molar-refractivity contribution is -0.121. The van der Waals surface area contributed by atoms with Gasteiger partial charge in [-0.2, -0.15) is 0 Å². The monoisotopic (exact) mass is 373 g/mol. The molecule has 0 fully saturated rings. The zero-order valence-electron chi connectivity index (χ0n) is 13.8. The number of carbonyl (C=O) groups is 2. The Morgan fingerprint density at radius 1 is 1.23 bits per heavy atom. The van der Waals surface area contributed by atoms with Crippen molar-refractivity contribution in [3.8, 4) is 11.5 Å². The van der Waals surface area contributed by atoms with E-state index in [2.05, 4.69) is 6.58 Å². The molecule has 2 aromatic carbocycles. The highest BCUT2D eigenvalue weighted by Gasteiger charge is 2.22. The summed E-state index contributed by atoms with van der Waals surface area (Å²) >= 11 is 6.05. The fraction of sp³-hybridized carbons (Fsp3) is 0.158. The molecule has 0 atom stereocenters. The first-order valence-corrected chi connectivity index (χ1v) is 8.20. The van der Waals surface area contributed by atoms with Gasteiger partial charge in [0.1, 0.15) is 0 Å². The number of anilines is 1. The van der Waals surface area contributed by atoms with E-state index in [9.17, 15) is 9.59 Å². The van der Waals surface area contributed by atoms with Gasteiger partial charge in [0.15, 0.2) is 18.1 Å². The Balaban J connectivity index is 1.67. The normalized spacial score (nSPS) is 11.7. The van der Waals surface area contributed by atoms with Crippen LogP contribution in [0.15, 0.2) is 55.1 Å². The van der Waals surface area contributed by atoms with Crippen LogP contribution in [-0.4, -0.2) is 31.8 Å². The first-order chi connectivity index (χ1) is 12.6. The molecule has 1 aliphatic rings. The third kappa shape index (κ3) is 3.81. The topological polar surface area (TPSA) is 65.1 Å². The van der Waals surface area contributed by atoms with Gasteiger partial charge < -0.3 is 19.1 Å². The molecule has 0 N–H and O–H groups in total. The quantitative estimate of drug-likeness (QED) is 0.573. The molecular formula is C19H16ClNO5. The zero-order chi connectivity index (χ0) is 18.5. The van der Waals surface area contributed by atoms with Gasteiger partial charge >= 0.3 is 5.97 Å². The van der Waals surface area contributed by atoms with Crippen molar-refractivity contribution in [1.29, 1.82) is 0 Å². The molecule has 1 amide bonds. The van der Waals surface area contributed by atoms with Gasteiger partial charge in [0.2, 0.25) is 6.79 Å². The van der Waals surface area contributed by atoms with E-state index in [1.807, 2.05) is 18.2 Å². The smallest absolute Gasteiger partial charge is 0.338 e. The molecule has 0 unspecified atom stereocenters. The third-order valence-electron chi connectivity index (χ3n) is 3.67. The third-order valence-corrected chi connectivity index (χ3v) is 3.95. The van der Waals surface area contributed by atoms with E-state index in [-0.39, 0.29) is 23.3 Å². The number of para-hydroxylation sites is 1. The number of amides is 1. The Morgan fingerprint density at radius 2 is 2.00 bits per heavy atom. The molecule has 0 aromatic heterocycles. The van der Waals surface area contributed by atoms with Crippen LogP contribution in [0, 0.1) is 0 Å². The van der Waals surface area contributed by atoms with Crippen molar-refractivity contribution in [2.45, 2.75) is 0 Å². The van der Waals surface area contributed by atoms with Gasteiger partial charge in [0, 0.05) is 12.2 Å². The van der Waals surface area contributed by atoms with Crippen molar-refractivity contribution in [3.05, 3.63) is 65.7 Å². The molecule has 2 aromatic rings. The minimum Gasteiger partial charge on any atom is -0.454 e. The lowest BCUT2D eigenvalue weighted by atomic mass is 10.2. The number of hydrogen-bond acceptors (Lipinski definition) is 5. The summed E-state index contributed by atoms with van der Waals surface area (Å²) in [6, 6.07) is 12.0. The highest BCUT2D eigenvalue weighted by molar-refractivity contribution is 6.32. The molecule has 0 spiro atoms. The molecule has 0 saturated carbocycles. The van der Waals surface area contributed by atoms with Crippen molar-refractivity contribution < 1.29 is 23.8 Å². The summed E-state index contributed by atoms with van der Waals surface area (Å²) in [5.41, 5.74) is 0.876. The number of rotatable bonds is 6. The van der Waals surface area contributed by atoms with Gasteiger partial charge in [-0.1, -0.05) is 35.9 Å². The molecule has 0 saturated heterocycles. The van der Waals surface area contributed by atoms with Crippen molar-refractivity contribution in [2.24, 2.45) is 0 Å². The minimum absolute atomic E-state index is 0.0413. The van der Waals surface area contributed by atoms with E-state index in [4.69, 9.17) is 25.8 Å². The van der Waals surface area contributed by atoms with Gasteiger partial charge in [0.25, 0.3) is 5.91 Å². The number of benzene rings is 2. The Kier molecular flexibility index (Phi) is 5.43. The fourth-order valence-corrected chi connectivity index (χ4v) is 2.73. The first kappa shape index (κ1) is 17.8. The number of fused-ring (bicyclic) bond motifs is 1. The SMILES string of the molecule is C=CCN(C(=O)COC(=O)c1cc(Cl)c2c(c1)OCO2)c1ccccc1. The molecule has 6 nitrogen and oxygen atoms in total. The van der Waals surface area contributed by atoms with Crippen LogP contribution in [0.3, 0.4) is 0 Å². The summed E-state index contributed by atoms with van der Waals surface area (Å²) in [6.07, 6.45) is 1.60. The highest BCUT2D eigenvalue weighted by atomic mass is 35.5. The lowest BCUT2D eigenvalue weighted by Gasteiger charge is -2.21. The molecule has 26 heavy (non-hydrogen) atoms. The number of esters is 1.